The lowest BCUT2D eigenvalue weighted by molar-refractivity contribution is 1.05. The first-order valence-electron chi connectivity index (χ1n) is 2.42. The summed E-state index contributed by atoms with van der Waals surface area (Å²) in [6, 6.07) is 0. The van der Waals surface area contributed by atoms with Gasteiger partial charge in [-0.25, -0.2) is 0 Å². The van der Waals surface area contributed by atoms with Crippen molar-refractivity contribution in [3.8, 4) is 6.19 Å². The summed E-state index contributed by atoms with van der Waals surface area (Å²) in [5.74, 6) is 0. The van der Waals surface area contributed by atoms with E-state index in [0.29, 0.717) is 0 Å². The molecule has 0 amide bonds. The summed E-state index contributed by atoms with van der Waals surface area (Å²) in [6.45, 7) is 0. The second-order valence-electron chi connectivity index (χ2n) is 1.27. The van der Waals surface area contributed by atoms with Gasteiger partial charge in [-0.3, -0.25) is 0 Å². The van der Waals surface area contributed by atoms with Gasteiger partial charge in [-0.05, 0) is 34.8 Å². The van der Waals surface area contributed by atoms with E-state index in [4.69, 9.17) is 40.1 Å². The van der Waals surface area contributed by atoms with E-state index >= 15 is 0 Å². The molecule has 1 aromatic rings. The highest BCUT2D eigenvalue weighted by atomic mass is 35.5. The van der Waals surface area contributed by atoms with Gasteiger partial charge in [-0.1, -0.05) is 0 Å². The molecule has 64 valence electrons. The smallest absolute Gasteiger partial charge is 0.227 e. The summed E-state index contributed by atoms with van der Waals surface area (Å²) in [5.41, 5.74) is 4.15. The summed E-state index contributed by atoms with van der Waals surface area (Å²) >= 11 is 16.0. The Bertz CT molecular complexity index is 245. The average Bonchev–Trinajstić information content (AvgIpc) is 1.84. The molecule has 1 aromatic heterocycles. The average molecular weight is 226 g/mol. The zero-order valence-electron chi connectivity index (χ0n) is 5.50. The number of hydrogen-bond donors (Lipinski definition) is 1. The molecular formula is C4H2Cl3N5. The molecule has 1 heterocycles. The van der Waals surface area contributed by atoms with Crippen molar-refractivity contribution >= 4 is 34.8 Å². The van der Waals surface area contributed by atoms with Crippen LogP contribution in [-0.2, 0) is 0 Å². The Morgan fingerprint density at radius 2 is 1.17 bits per heavy atom. The highest BCUT2D eigenvalue weighted by Crippen LogP contribution is 2.08. The fourth-order valence-corrected chi connectivity index (χ4v) is 0.913. The highest BCUT2D eigenvalue weighted by Gasteiger charge is 1.97. The molecule has 0 aliphatic heterocycles. The molecule has 0 bridgehead atoms. The molecule has 0 fully saturated rings. The van der Waals surface area contributed by atoms with Crippen molar-refractivity contribution in [1.82, 2.24) is 15.0 Å². The fraction of sp³-hybridized carbons (Fsp3) is 0. The van der Waals surface area contributed by atoms with Gasteiger partial charge < -0.3 is 5.73 Å². The predicted octanol–water partition coefficient (Wildman–Crippen LogP) is 1.26. The number of halogens is 3. The Balaban J connectivity index is 0.000000354. The van der Waals surface area contributed by atoms with Gasteiger partial charge in [0, 0.05) is 0 Å². The maximum Gasteiger partial charge on any atom is 0.227 e. The molecule has 0 unspecified atom stereocenters. The van der Waals surface area contributed by atoms with Gasteiger partial charge in [0.1, 0.15) is 0 Å². The van der Waals surface area contributed by atoms with Crippen molar-refractivity contribution in [2.24, 2.45) is 5.73 Å². The van der Waals surface area contributed by atoms with Crippen LogP contribution in [0, 0.1) is 11.5 Å². The van der Waals surface area contributed by atoms with E-state index in [9.17, 15) is 0 Å². The standard InChI is InChI=1S/C3Cl3N3.CH2N2/c4-1-7-2(5)9-3(6)8-1;2-1-3/h;2H2. The van der Waals surface area contributed by atoms with Crippen molar-refractivity contribution in [3.05, 3.63) is 15.9 Å². The number of aromatic nitrogens is 3. The van der Waals surface area contributed by atoms with Crippen molar-refractivity contribution in [3.63, 3.8) is 0 Å². The number of hydrogen-bond acceptors (Lipinski definition) is 5. The third kappa shape index (κ3) is 4.91. The van der Waals surface area contributed by atoms with E-state index in [0.717, 1.165) is 0 Å². The Morgan fingerprint density at radius 1 is 1.00 bits per heavy atom. The molecule has 0 aliphatic rings. The summed E-state index contributed by atoms with van der Waals surface area (Å²) in [6.07, 6.45) is 1.25. The van der Waals surface area contributed by atoms with Gasteiger partial charge in [-0.15, -0.1) is 0 Å². The second kappa shape index (κ2) is 5.77. The van der Waals surface area contributed by atoms with Crippen LogP contribution in [-0.4, -0.2) is 15.0 Å². The van der Waals surface area contributed by atoms with Gasteiger partial charge in [0.15, 0.2) is 6.19 Å². The molecule has 0 spiro atoms. The number of nitriles is 1. The lowest BCUT2D eigenvalue weighted by Crippen LogP contribution is -1.87. The third-order valence-corrected chi connectivity index (χ3v) is 1.06. The van der Waals surface area contributed by atoms with Crippen LogP contribution in [0.15, 0.2) is 0 Å². The van der Waals surface area contributed by atoms with Crippen LogP contribution in [0.1, 0.15) is 0 Å². The number of nitrogens with two attached hydrogens (primary N) is 1. The van der Waals surface area contributed by atoms with Crippen LogP contribution in [0.2, 0.25) is 15.9 Å². The van der Waals surface area contributed by atoms with Crippen LogP contribution >= 0.6 is 34.8 Å². The molecule has 0 aliphatic carbocycles. The largest absolute Gasteiger partial charge is 0.337 e. The highest BCUT2D eigenvalue weighted by molar-refractivity contribution is 6.33. The molecule has 5 nitrogen and oxygen atoms in total. The molecule has 0 saturated carbocycles. The van der Waals surface area contributed by atoms with Crippen molar-refractivity contribution in [2.75, 3.05) is 0 Å². The van der Waals surface area contributed by atoms with E-state index in [1.807, 2.05) is 0 Å². The van der Waals surface area contributed by atoms with Crippen molar-refractivity contribution in [2.45, 2.75) is 0 Å². The maximum atomic E-state index is 7.10. The SMILES string of the molecule is Clc1nc(Cl)nc(Cl)n1.N#CN. The van der Waals surface area contributed by atoms with Crippen LogP contribution in [0.25, 0.3) is 0 Å². The Labute approximate surface area is 83.1 Å². The van der Waals surface area contributed by atoms with Crippen molar-refractivity contribution in [1.29, 1.82) is 5.26 Å². The van der Waals surface area contributed by atoms with Crippen LogP contribution < -0.4 is 5.73 Å². The molecule has 0 atom stereocenters. The minimum atomic E-state index is 0.000000000000000444. The van der Waals surface area contributed by atoms with Gasteiger partial charge in [0.2, 0.25) is 15.9 Å². The van der Waals surface area contributed by atoms with Crippen LogP contribution in [0.3, 0.4) is 0 Å². The lowest BCUT2D eigenvalue weighted by Gasteiger charge is -1.88. The summed E-state index contributed by atoms with van der Waals surface area (Å²) < 4.78 is 0. The molecule has 0 saturated heterocycles. The molecule has 8 heteroatoms. The van der Waals surface area contributed by atoms with Crippen LogP contribution in [0.4, 0.5) is 0 Å². The molecule has 0 radical (unpaired) electrons. The number of rotatable bonds is 0. The van der Waals surface area contributed by atoms with E-state index in [1.165, 1.54) is 6.19 Å². The quantitative estimate of drug-likeness (QED) is 0.531. The summed E-state index contributed by atoms with van der Waals surface area (Å²) in [4.78, 5) is 10.4. The van der Waals surface area contributed by atoms with E-state index in [2.05, 4.69) is 20.7 Å². The minimum absolute atomic E-state index is 0.000000000000000444. The molecular weight excluding hydrogens is 224 g/mol. The van der Waals surface area contributed by atoms with Crippen molar-refractivity contribution < 1.29 is 0 Å². The first kappa shape index (κ1) is 11.2. The van der Waals surface area contributed by atoms with E-state index in [-0.39, 0.29) is 15.9 Å². The first-order chi connectivity index (χ1) is 5.60. The summed E-state index contributed by atoms with van der Waals surface area (Å²) in [5, 5.41) is 7.10. The molecule has 12 heavy (non-hydrogen) atoms. The second-order valence-corrected chi connectivity index (χ2v) is 2.29. The van der Waals surface area contributed by atoms with Gasteiger partial charge in [0.05, 0.1) is 0 Å². The van der Waals surface area contributed by atoms with E-state index < -0.39 is 0 Å². The number of nitrogens with zero attached hydrogens (tertiary/aromatic N) is 4. The van der Waals surface area contributed by atoms with E-state index in [1.54, 1.807) is 0 Å². The minimum Gasteiger partial charge on any atom is -0.337 e. The summed E-state index contributed by atoms with van der Waals surface area (Å²) in [7, 11) is 0. The Morgan fingerprint density at radius 3 is 1.33 bits per heavy atom. The predicted molar refractivity (Wildman–Crippen MR) is 44.7 cm³/mol. The third-order valence-electron chi connectivity index (χ3n) is 0.554. The lowest BCUT2D eigenvalue weighted by atomic mass is 11.1. The van der Waals surface area contributed by atoms with Gasteiger partial charge >= 0.3 is 0 Å². The zero-order chi connectivity index (χ0) is 9.56. The molecule has 0 aromatic carbocycles. The Hall–Kier alpha value is -0.830. The molecule has 2 N–H and O–H groups in total. The van der Waals surface area contributed by atoms with Gasteiger partial charge in [0.25, 0.3) is 0 Å². The monoisotopic (exact) mass is 225 g/mol. The maximum absolute atomic E-state index is 7.10. The topological polar surface area (TPSA) is 88.5 Å². The normalized spacial score (nSPS) is 7.83. The fourth-order valence-electron chi connectivity index (χ4n) is 0.303. The first-order valence-corrected chi connectivity index (χ1v) is 3.55. The van der Waals surface area contributed by atoms with Gasteiger partial charge in [-0.2, -0.15) is 20.2 Å². The van der Waals surface area contributed by atoms with Crippen LogP contribution in [0.5, 0.6) is 0 Å². The Kier molecular flexibility index (Phi) is 5.37. The zero-order valence-corrected chi connectivity index (χ0v) is 7.77. The molecule has 1 rings (SSSR count).